The average Bonchev–Trinajstić information content (AvgIpc) is 3.91. The molecular weight excluding hydrogens is 801 g/mol. The number of hydrogen-bond acceptors (Lipinski definition) is 2. The second-order valence-electron chi connectivity index (χ2n) is 17.3. The van der Waals surface area contributed by atoms with Gasteiger partial charge in [-0.05, 0) is 88.1 Å². The second kappa shape index (κ2) is 14.3. The first-order valence-electron chi connectivity index (χ1n) is 22.6. The Kier molecular flexibility index (Phi) is 7.95. The molecule has 0 aliphatic heterocycles. The molecule has 14 aromatic rings. The van der Waals surface area contributed by atoms with E-state index in [-0.39, 0.29) is 0 Å². The summed E-state index contributed by atoms with van der Waals surface area (Å²) < 4.78 is 4.90. The molecule has 0 bridgehead atoms. The minimum Gasteiger partial charge on any atom is -0.307 e. The van der Waals surface area contributed by atoms with Crippen LogP contribution in [-0.2, 0) is 0 Å². The topological polar surface area (TPSA) is 35.6 Å². The summed E-state index contributed by atoms with van der Waals surface area (Å²) in [6, 6.07) is 83.2. The first-order chi connectivity index (χ1) is 32.7. The Balaban J connectivity index is 0.856. The van der Waals surface area contributed by atoms with Crippen LogP contribution >= 0.6 is 0 Å². The molecule has 66 heavy (non-hydrogen) atoms. The molecule has 0 N–H and O–H groups in total. The number of aromatic nitrogens is 4. The van der Waals surface area contributed by atoms with E-state index in [1.807, 2.05) is 0 Å². The monoisotopic (exact) mass is 838 g/mol. The van der Waals surface area contributed by atoms with Crippen LogP contribution in [0.25, 0.3) is 132 Å². The maximum atomic E-state index is 5.34. The normalized spacial score (nSPS) is 11.9. The zero-order valence-electron chi connectivity index (χ0n) is 35.7. The highest BCUT2D eigenvalue weighted by atomic mass is 15.0. The average molecular weight is 839 g/mol. The van der Waals surface area contributed by atoms with Crippen LogP contribution in [0.1, 0.15) is 0 Å². The highest BCUT2D eigenvalue weighted by Gasteiger charge is 2.21. The molecule has 4 aromatic heterocycles. The summed E-state index contributed by atoms with van der Waals surface area (Å²) in [6.07, 6.45) is 0. The number of fused-ring (bicyclic) bond motifs is 12. The standard InChI is InChI=1S/C62H38N4/c1-3-13-40(14-4-1)58-52-19-7-10-20-55(52)64-60-53(58)33-29-41-30-36-54(63-59(41)60)45-26-25-43-37-42(23-24-44(43)38-45)39-27-31-47(32-28-39)66-57-22-12-9-18-49(57)51-35-34-50-48-17-8-11-21-56(48)65(61(50)62(51)66)46-15-5-2-6-16-46/h1-38H. The Morgan fingerprint density at radius 3 is 1.50 bits per heavy atom. The van der Waals surface area contributed by atoms with Gasteiger partial charge in [-0.2, -0.15) is 0 Å². The third kappa shape index (κ3) is 5.52. The molecule has 14 rings (SSSR count). The molecular formula is C62H38N4. The van der Waals surface area contributed by atoms with E-state index < -0.39 is 0 Å². The van der Waals surface area contributed by atoms with E-state index in [1.165, 1.54) is 76.6 Å². The lowest BCUT2D eigenvalue weighted by Crippen LogP contribution is -1.98. The fraction of sp³-hybridized carbons (Fsp3) is 0. The van der Waals surface area contributed by atoms with Crippen LogP contribution in [0.5, 0.6) is 0 Å². The van der Waals surface area contributed by atoms with Crippen molar-refractivity contribution in [3.05, 3.63) is 231 Å². The van der Waals surface area contributed by atoms with Crippen LogP contribution in [0.4, 0.5) is 0 Å². The Labute approximate surface area is 379 Å². The molecule has 0 saturated carbocycles. The van der Waals surface area contributed by atoms with Crippen LogP contribution < -0.4 is 0 Å². The number of nitrogens with zero attached hydrogens (tertiary/aromatic N) is 4. The van der Waals surface area contributed by atoms with Gasteiger partial charge in [-0.3, -0.25) is 0 Å². The summed E-state index contributed by atoms with van der Waals surface area (Å²) in [5, 5.41) is 10.7. The van der Waals surface area contributed by atoms with Gasteiger partial charge in [0.25, 0.3) is 0 Å². The third-order valence-corrected chi connectivity index (χ3v) is 13.7. The Hall–Kier alpha value is -8.86. The zero-order chi connectivity index (χ0) is 43.3. The van der Waals surface area contributed by atoms with Crippen LogP contribution in [0.2, 0.25) is 0 Å². The molecule has 4 heterocycles. The van der Waals surface area contributed by atoms with Crippen LogP contribution in [0, 0.1) is 0 Å². The molecule has 0 aliphatic rings. The van der Waals surface area contributed by atoms with Gasteiger partial charge < -0.3 is 9.13 Å². The lowest BCUT2D eigenvalue weighted by atomic mass is 9.95. The first-order valence-corrected chi connectivity index (χ1v) is 22.6. The number of para-hydroxylation sites is 4. The fourth-order valence-electron chi connectivity index (χ4n) is 10.6. The molecule has 0 radical (unpaired) electrons. The van der Waals surface area contributed by atoms with E-state index >= 15 is 0 Å². The summed E-state index contributed by atoms with van der Waals surface area (Å²) in [6.45, 7) is 0. The minimum absolute atomic E-state index is 0.913. The summed E-state index contributed by atoms with van der Waals surface area (Å²) in [4.78, 5) is 10.6. The lowest BCUT2D eigenvalue weighted by Gasteiger charge is -2.14. The van der Waals surface area contributed by atoms with Gasteiger partial charge in [0.15, 0.2) is 0 Å². The van der Waals surface area contributed by atoms with E-state index in [1.54, 1.807) is 0 Å². The van der Waals surface area contributed by atoms with Crippen molar-refractivity contribution in [1.29, 1.82) is 0 Å². The fourth-order valence-corrected chi connectivity index (χ4v) is 10.6. The first kappa shape index (κ1) is 36.6. The maximum Gasteiger partial charge on any atom is 0.0978 e. The number of rotatable bonds is 5. The molecule has 0 spiro atoms. The van der Waals surface area contributed by atoms with Gasteiger partial charge in [0.1, 0.15) is 0 Å². The predicted molar refractivity (Wildman–Crippen MR) is 277 cm³/mol. The zero-order valence-corrected chi connectivity index (χ0v) is 35.7. The highest BCUT2D eigenvalue weighted by molar-refractivity contribution is 6.24. The number of benzene rings is 10. The van der Waals surface area contributed by atoms with Gasteiger partial charge in [-0.15, -0.1) is 0 Å². The van der Waals surface area contributed by atoms with Crippen molar-refractivity contribution in [2.75, 3.05) is 0 Å². The van der Waals surface area contributed by atoms with Gasteiger partial charge in [-0.25, -0.2) is 9.97 Å². The van der Waals surface area contributed by atoms with E-state index in [4.69, 9.17) is 9.97 Å². The predicted octanol–water partition coefficient (Wildman–Crippen LogP) is 16.3. The molecule has 4 heteroatoms. The molecule has 0 aliphatic carbocycles. The Morgan fingerprint density at radius 2 is 0.803 bits per heavy atom. The van der Waals surface area contributed by atoms with Crippen molar-refractivity contribution in [3.8, 4) is 44.9 Å². The summed E-state index contributed by atoms with van der Waals surface area (Å²) in [7, 11) is 0. The van der Waals surface area contributed by atoms with Crippen molar-refractivity contribution < 1.29 is 0 Å². The van der Waals surface area contributed by atoms with E-state index in [2.05, 4.69) is 240 Å². The van der Waals surface area contributed by atoms with Gasteiger partial charge >= 0.3 is 0 Å². The molecule has 0 fully saturated rings. The van der Waals surface area contributed by atoms with Crippen molar-refractivity contribution in [1.82, 2.24) is 19.1 Å². The summed E-state index contributed by atoms with van der Waals surface area (Å²) in [5.74, 6) is 0. The highest BCUT2D eigenvalue weighted by Crippen LogP contribution is 2.43. The van der Waals surface area contributed by atoms with Gasteiger partial charge in [0, 0.05) is 60.2 Å². The van der Waals surface area contributed by atoms with E-state index in [9.17, 15) is 0 Å². The molecule has 0 unspecified atom stereocenters. The van der Waals surface area contributed by atoms with E-state index in [0.29, 0.717) is 0 Å². The Bertz CT molecular complexity index is 4260. The van der Waals surface area contributed by atoms with Gasteiger partial charge in [0.05, 0.1) is 44.3 Å². The lowest BCUT2D eigenvalue weighted by molar-refractivity contribution is 1.15. The van der Waals surface area contributed by atoms with Gasteiger partial charge in [-0.1, -0.05) is 170 Å². The largest absolute Gasteiger partial charge is 0.307 e. The number of pyridine rings is 2. The second-order valence-corrected chi connectivity index (χ2v) is 17.3. The third-order valence-electron chi connectivity index (χ3n) is 13.7. The van der Waals surface area contributed by atoms with Crippen LogP contribution in [0.3, 0.4) is 0 Å². The summed E-state index contributed by atoms with van der Waals surface area (Å²) in [5.41, 5.74) is 16.6. The van der Waals surface area contributed by atoms with Crippen molar-refractivity contribution in [3.63, 3.8) is 0 Å². The Morgan fingerprint density at radius 1 is 0.288 bits per heavy atom. The van der Waals surface area contributed by atoms with E-state index in [0.717, 1.165) is 55.3 Å². The molecule has 4 nitrogen and oxygen atoms in total. The molecule has 0 saturated heterocycles. The maximum absolute atomic E-state index is 5.34. The van der Waals surface area contributed by atoms with Gasteiger partial charge in [0.2, 0.25) is 0 Å². The SMILES string of the molecule is c1ccc(-c2c3ccccc3nc3c2ccc2ccc(-c4ccc5cc(-c6ccc(-n7c8ccccc8c8ccc9c%10ccccc%10n(-c%10ccccc%10)c9c87)cc6)ccc5c4)nc23)cc1. The number of hydrogen-bond donors (Lipinski definition) is 0. The molecule has 0 atom stereocenters. The smallest absolute Gasteiger partial charge is 0.0978 e. The molecule has 0 amide bonds. The van der Waals surface area contributed by atoms with Crippen molar-refractivity contribution in [2.24, 2.45) is 0 Å². The van der Waals surface area contributed by atoms with Crippen LogP contribution in [-0.4, -0.2) is 19.1 Å². The van der Waals surface area contributed by atoms with Crippen molar-refractivity contribution in [2.45, 2.75) is 0 Å². The molecule has 306 valence electrons. The minimum atomic E-state index is 0.913. The van der Waals surface area contributed by atoms with Crippen LogP contribution in [0.15, 0.2) is 231 Å². The summed E-state index contributed by atoms with van der Waals surface area (Å²) >= 11 is 0. The quantitative estimate of drug-likeness (QED) is 0.128. The van der Waals surface area contributed by atoms with Crippen molar-refractivity contribution >= 4 is 87.1 Å². The molecule has 10 aromatic carbocycles.